The number of aromatic nitrogens is 2. The molecule has 7 rings (SSSR count). The summed E-state index contributed by atoms with van der Waals surface area (Å²) in [7, 11) is 0. The van der Waals surface area contributed by atoms with Crippen molar-refractivity contribution in [3.63, 3.8) is 0 Å². The molecule has 3 aromatic rings. The van der Waals surface area contributed by atoms with Crippen molar-refractivity contribution in [3.8, 4) is 0 Å². The highest BCUT2D eigenvalue weighted by Gasteiger charge is 2.32. The van der Waals surface area contributed by atoms with E-state index >= 15 is 0 Å². The number of H-pyrrole nitrogens is 2. The van der Waals surface area contributed by atoms with Crippen LogP contribution in [0.4, 0.5) is 0 Å². The molecule has 0 saturated heterocycles. The summed E-state index contributed by atoms with van der Waals surface area (Å²) in [4.78, 5) is 12.3. The lowest BCUT2D eigenvalue weighted by Crippen LogP contribution is -2.44. The Morgan fingerprint density at radius 3 is 1.67 bits per heavy atom. The van der Waals surface area contributed by atoms with E-state index in [1.165, 1.54) is 44.6 Å². The van der Waals surface area contributed by atoms with Crippen LogP contribution in [-0.2, 0) is 12.8 Å². The van der Waals surface area contributed by atoms with Gasteiger partial charge >= 0.3 is 0 Å². The molecule has 0 unspecified atom stereocenters. The smallest absolute Gasteiger partial charge is 0.110 e. The molecule has 8 bridgehead atoms. The van der Waals surface area contributed by atoms with E-state index in [1.807, 2.05) is 0 Å². The highest BCUT2D eigenvalue weighted by Crippen LogP contribution is 2.32. The summed E-state index contributed by atoms with van der Waals surface area (Å²) >= 11 is 0. The quantitative estimate of drug-likeness (QED) is 0.604. The average Bonchev–Trinajstić information content (AvgIpc) is 3.49. The summed E-state index contributed by atoms with van der Waals surface area (Å²) in [5.41, 5.74) is 7.79. The molecule has 6 heterocycles. The standard InChI is InChI=1S/C24H26N6/c1-3-19-11-17-5-6-18-12-20(26-24(18)23(17)25-19)4-2-10-28-14-22-8-7-21-13-27(9-1)15-29(21)30(22)16-28/h5-8,11-14,25-26H,1-4,9-10,15-16H2. The fourth-order valence-electron chi connectivity index (χ4n) is 5.36. The number of hydrazine groups is 1. The van der Waals surface area contributed by atoms with Crippen LogP contribution in [0.3, 0.4) is 0 Å². The van der Waals surface area contributed by atoms with Gasteiger partial charge in [0.1, 0.15) is 13.3 Å². The van der Waals surface area contributed by atoms with E-state index in [-0.39, 0.29) is 0 Å². The maximum atomic E-state index is 3.70. The van der Waals surface area contributed by atoms with Crippen molar-refractivity contribution < 1.29 is 0 Å². The number of aryl methyl sites for hydroxylation is 2. The lowest BCUT2D eigenvalue weighted by molar-refractivity contribution is 0.0166. The monoisotopic (exact) mass is 398 g/mol. The first-order valence-electron chi connectivity index (χ1n) is 11.1. The number of allylic oxidation sites excluding steroid dienone is 2. The second kappa shape index (κ2) is 6.11. The minimum Gasteiger partial charge on any atom is -0.357 e. The van der Waals surface area contributed by atoms with Crippen molar-refractivity contribution in [2.24, 2.45) is 0 Å². The fraction of sp³-hybridized carbons (Fsp3) is 0.333. The van der Waals surface area contributed by atoms with Crippen molar-refractivity contribution in [2.75, 3.05) is 26.4 Å². The molecular formula is C24H26N6. The molecule has 0 amide bonds. The van der Waals surface area contributed by atoms with Crippen molar-refractivity contribution in [3.05, 3.63) is 71.6 Å². The zero-order chi connectivity index (χ0) is 19.7. The maximum Gasteiger partial charge on any atom is 0.110 e. The molecule has 1 aromatic carbocycles. The van der Waals surface area contributed by atoms with E-state index in [2.05, 4.69) is 78.6 Å². The van der Waals surface area contributed by atoms with Crippen LogP contribution >= 0.6 is 0 Å². The molecule has 6 heteroatoms. The number of hydrogen-bond donors (Lipinski definition) is 2. The fourth-order valence-corrected chi connectivity index (χ4v) is 5.36. The van der Waals surface area contributed by atoms with Crippen molar-refractivity contribution in [1.29, 1.82) is 0 Å². The minimum atomic E-state index is 0.946. The first-order valence-corrected chi connectivity index (χ1v) is 11.1. The Morgan fingerprint density at radius 1 is 0.667 bits per heavy atom. The number of nitrogens with one attached hydrogen (secondary N) is 2. The van der Waals surface area contributed by atoms with Gasteiger partial charge in [-0.25, -0.2) is 0 Å². The van der Waals surface area contributed by atoms with Crippen LogP contribution in [0.1, 0.15) is 24.2 Å². The van der Waals surface area contributed by atoms with Crippen LogP contribution in [0.5, 0.6) is 0 Å². The Kier molecular flexibility index (Phi) is 3.36. The number of nitrogens with zero attached hydrogens (tertiary/aromatic N) is 4. The molecular weight excluding hydrogens is 372 g/mol. The number of rotatable bonds is 0. The van der Waals surface area contributed by atoms with Gasteiger partial charge in [-0.2, -0.15) is 0 Å². The van der Waals surface area contributed by atoms with Crippen LogP contribution < -0.4 is 0 Å². The molecule has 0 fully saturated rings. The van der Waals surface area contributed by atoms with Gasteiger partial charge in [0.15, 0.2) is 0 Å². The van der Waals surface area contributed by atoms with Crippen LogP contribution in [0.25, 0.3) is 21.8 Å². The second-order valence-electron chi connectivity index (χ2n) is 8.94. The Hall–Kier alpha value is -3.28. The molecule has 0 atom stereocenters. The first kappa shape index (κ1) is 16.5. The van der Waals surface area contributed by atoms with Gasteiger partial charge in [-0.15, -0.1) is 0 Å². The first-order chi connectivity index (χ1) is 14.8. The van der Waals surface area contributed by atoms with Gasteiger partial charge in [0, 0.05) is 47.6 Å². The van der Waals surface area contributed by atoms with Crippen LogP contribution in [-0.4, -0.2) is 56.2 Å². The Bertz CT molecular complexity index is 1150. The predicted molar refractivity (Wildman–Crippen MR) is 119 cm³/mol. The Morgan fingerprint density at radius 2 is 1.17 bits per heavy atom. The molecule has 4 aliphatic rings. The third-order valence-corrected chi connectivity index (χ3v) is 6.86. The van der Waals surface area contributed by atoms with Crippen LogP contribution in [0.15, 0.2) is 60.2 Å². The molecule has 4 aliphatic heterocycles. The van der Waals surface area contributed by atoms with E-state index in [4.69, 9.17) is 0 Å². The van der Waals surface area contributed by atoms with Crippen molar-refractivity contribution >= 4 is 21.8 Å². The zero-order valence-corrected chi connectivity index (χ0v) is 17.1. The molecule has 0 aliphatic carbocycles. The van der Waals surface area contributed by atoms with E-state index in [9.17, 15) is 0 Å². The van der Waals surface area contributed by atoms with E-state index in [1.54, 1.807) is 0 Å². The number of benzene rings is 1. The molecule has 6 nitrogen and oxygen atoms in total. The Labute approximate surface area is 175 Å². The van der Waals surface area contributed by atoms with Crippen LogP contribution in [0.2, 0.25) is 0 Å². The molecule has 0 spiro atoms. The second-order valence-corrected chi connectivity index (χ2v) is 8.94. The van der Waals surface area contributed by atoms with Gasteiger partial charge < -0.3 is 19.8 Å². The highest BCUT2D eigenvalue weighted by atomic mass is 15.7. The molecule has 0 saturated carbocycles. The lowest BCUT2D eigenvalue weighted by atomic mass is 10.1. The van der Waals surface area contributed by atoms with Gasteiger partial charge in [-0.3, -0.25) is 10.0 Å². The van der Waals surface area contributed by atoms with Crippen LogP contribution in [0, 0.1) is 0 Å². The van der Waals surface area contributed by atoms with Crippen molar-refractivity contribution in [2.45, 2.75) is 25.7 Å². The average molecular weight is 399 g/mol. The molecule has 2 aromatic heterocycles. The summed E-state index contributed by atoms with van der Waals surface area (Å²) < 4.78 is 0. The highest BCUT2D eigenvalue weighted by molar-refractivity contribution is 6.04. The van der Waals surface area contributed by atoms with Crippen molar-refractivity contribution in [1.82, 2.24) is 29.8 Å². The summed E-state index contributed by atoms with van der Waals surface area (Å²) in [6, 6.07) is 9.16. The van der Waals surface area contributed by atoms with E-state index in [0.717, 1.165) is 52.1 Å². The normalized spacial score (nSPS) is 20.9. The predicted octanol–water partition coefficient (Wildman–Crippen LogP) is 3.85. The summed E-state index contributed by atoms with van der Waals surface area (Å²) in [5.74, 6) is 0. The molecule has 152 valence electrons. The van der Waals surface area contributed by atoms with Gasteiger partial charge in [0.05, 0.1) is 22.4 Å². The van der Waals surface area contributed by atoms with E-state index < -0.39 is 0 Å². The van der Waals surface area contributed by atoms with Gasteiger partial charge in [-0.1, -0.05) is 12.1 Å². The third kappa shape index (κ3) is 2.49. The Balaban J connectivity index is 1.25. The SMILES string of the molecule is C1=CC2=CN3CCCc4cc5ccc6cc([nH]c6c5[nH]4)CCCN4C=C1N(C4)N2C3. The number of aromatic amines is 2. The van der Waals surface area contributed by atoms with Gasteiger partial charge in [0.2, 0.25) is 0 Å². The van der Waals surface area contributed by atoms with E-state index in [0.29, 0.717) is 0 Å². The number of hydrogen-bond acceptors (Lipinski definition) is 4. The molecule has 0 radical (unpaired) electrons. The maximum absolute atomic E-state index is 3.70. The summed E-state index contributed by atoms with van der Waals surface area (Å²) in [6.07, 6.45) is 13.6. The number of fused-ring (bicyclic) bond motifs is 4. The lowest BCUT2D eigenvalue weighted by Gasteiger charge is -2.37. The topological polar surface area (TPSA) is 44.5 Å². The van der Waals surface area contributed by atoms with Gasteiger partial charge in [0.25, 0.3) is 0 Å². The molecule has 2 N–H and O–H groups in total. The molecule has 30 heavy (non-hydrogen) atoms. The third-order valence-electron chi connectivity index (χ3n) is 6.86. The summed E-state index contributed by atoms with van der Waals surface area (Å²) in [5, 5.41) is 7.46. The minimum absolute atomic E-state index is 0.946. The zero-order valence-electron chi connectivity index (χ0n) is 17.1. The van der Waals surface area contributed by atoms with Gasteiger partial charge in [-0.05, 0) is 50.0 Å². The largest absolute Gasteiger partial charge is 0.357 e. The summed E-state index contributed by atoms with van der Waals surface area (Å²) in [6.45, 7) is 4.04.